The van der Waals surface area contributed by atoms with Crippen LogP contribution in [0, 0.1) is 0 Å². The summed E-state index contributed by atoms with van der Waals surface area (Å²) in [5, 5.41) is 3.58. The van der Waals surface area contributed by atoms with Gasteiger partial charge in [0.2, 0.25) is 0 Å². The molecule has 0 fully saturated rings. The van der Waals surface area contributed by atoms with Crippen LogP contribution < -0.4 is 29.0 Å². The molecule has 2 aromatic carbocycles. The zero-order chi connectivity index (χ0) is 27.0. The summed E-state index contributed by atoms with van der Waals surface area (Å²) < 4.78 is 48.0. The summed E-state index contributed by atoms with van der Waals surface area (Å²) in [6.45, 7) is 2.62. The predicted molar refractivity (Wildman–Crippen MR) is 150 cm³/mol. The van der Waals surface area contributed by atoms with Crippen molar-refractivity contribution in [3.8, 4) is 5.75 Å². The average molecular weight is 595 g/mol. The highest BCUT2D eigenvalue weighted by Crippen LogP contribution is 2.46. The molecule has 4 aromatic rings. The molecule has 1 aliphatic rings. The van der Waals surface area contributed by atoms with E-state index in [0.717, 1.165) is 25.3 Å². The van der Waals surface area contributed by atoms with Crippen LogP contribution in [0.25, 0.3) is 11.1 Å². The topological polar surface area (TPSA) is 38.4 Å². The summed E-state index contributed by atoms with van der Waals surface area (Å²) in [6.07, 6.45) is 1.01. The van der Waals surface area contributed by atoms with E-state index in [-0.39, 0.29) is 17.9 Å². The lowest BCUT2D eigenvalue weighted by molar-refractivity contribution is -0.685. The molecule has 0 amide bonds. The van der Waals surface area contributed by atoms with Gasteiger partial charge in [-0.15, -0.1) is 36.3 Å². The molecule has 2 aromatic heterocycles. The quantitative estimate of drug-likeness (QED) is 0.230. The van der Waals surface area contributed by atoms with Crippen molar-refractivity contribution in [2.24, 2.45) is 0 Å². The van der Waals surface area contributed by atoms with Crippen LogP contribution >= 0.6 is 46.2 Å². The van der Waals surface area contributed by atoms with Crippen molar-refractivity contribution < 1.29 is 22.5 Å². The Morgan fingerprint density at radius 3 is 2.71 bits per heavy atom. The number of hydrogen-bond acceptors (Lipinski definition) is 7. The normalized spacial score (nSPS) is 15.3. The Morgan fingerprint density at radius 1 is 1.18 bits per heavy atom. The van der Waals surface area contributed by atoms with Gasteiger partial charge in [-0.2, -0.15) is 4.57 Å². The second-order valence-electron chi connectivity index (χ2n) is 8.29. The standard InChI is InChI=1S/C26H23F3N3O2S4/c1-4-32-22(38-23(24(32)33)25-30(2)18-10-9-17(35-3)13-20(18)37-25)14-21-31(11-12-36-21)15-16-7-5-6-8-19(16)34-26(27,28)29/h5-14H,4,15H2,1-3H3/q+1/b25-23+. The Bertz CT molecular complexity index is 1670. The van der Waals surface area contributed by atoms with E-state index >= 15 is 0 Å². The number of benzene rings is 2. The zero-order valence-corrected chi connectivity index (χ0v) is 23.9. The first-order chi connectivity index (χ1) is 18.2. The molecular formula is C26H23F3N3O2S4+. The maximum atomic E-state index is 13.5. The third kappa shape index (κ3) is 5.40. The van der Waals surface area contributed by atoms with E-state index in [1.807, 2.05) is 42.4 Å². The Balaban J connectivity index is 1.55. The molecule has 12 heteroatoms. The van der Waals surface area contributed by atoms with Crippen LogP contribution in [0.15, 0.2) is 68.6 Å². The fourth-order valence-electron chi connectivity index (χ4n) is 4.14. The lowest BCUT2D eigenvalue weighted by atomic mass is 10.2. The number of alkyl halides is 3. The average Bonchev–Trinajstić information content (AvgIpc) is 3.54. The fraction of sp³-hybridized carbons (Fsp3) is 0.231. The number of para-hydroxylation sites is 1. The van der Waals surface area contributed by atoms with Crippen LogP contribution in [0.2, 0.25) is 0 Å². The summed E-state index contributed by atoms with van der Waals surface area (Å²) in [6, 6.07) is 12.4. The lowest BCUT2D eigenvalue weighted by Gasteiger charge is -2.12. The van der Waals surface area contributed by atoms with Gasteiger partial charge >= 0.3 is 6.36 Å². The van der Waals surface area contributed by atoms with Gasteiger partial charge in [0, 0.05) is 23.4 Å². The van der Waals surface area contributed by atoms with Crippen molar-refractivity contribution in [1.82, 2.24) is 4.57 Å². The van der Waals surface area contributed by atoms with E-state index in [1.165, 1.54) is 39.7 Å². The molecule has 3 heterocycles. The number of nitrogens with zero attached hydrogens (tertiary/aromatic N) is 3. The van der Waals surface area contributed by atoms with Gasteiger partial charge in [0.25, 0.3) is 10.6 Å². The third-order valence-electron chi connectivity index (χ3n) is 5.96. The third-order valence-corrected chi connectivity index (χ3v) is 10.0. The summed E-state index contributed by atoms with van der Waals surface area (Å²) in [7, 11) is 1.97. The van der Waals surface area contributed by atoms with E-state index in [4.69, 9.17) is 0 Å². The number of hydrogen-bond donors (Lipinski definition) is 0. The fourth-order valence-corrected chi connectivity index (χ4v) is 8.01. The summed E-state index contributed by atoms with van der Waals surface area (Å²) in [5.41, 5.74) is 1.42. The first kappa shape index (κ1) is 26.9. The molecular weight excluding hydrogens is 572 g/mol. The molecule has 5 nitrogen and oxygen atoms in total. The van der Waals surface area contributed by atoms with Crippen molar-refractivity contribution in [1.29, 1.82) is 0 Å². The van der Waals surface area contributed by atoms with Crippen LogP contribution in [0.5, 0.6) is 5.75 Å². The monoisotopic (exact) mass is 594 g/mol. The van der Waals surface area contributed by atoms with Gasteiger partial charge in [-0.05, 0) is 43.5 Å². The first-order valence-electron chi connectivity index (χ1n) is 11.5. The molecule has 5 rings (SSSR count). The molecule has 0 saturated heterocycles. The predicted octanol–water partition coefficient (Wildman–Crippen LogP) is 5.08. The van der Waals surface area contributed by atoms with Gasteiger partial charge in [0.1, 0.15) is 20.0 Å². The molecule has 38 heavy (non-hydrogen) atoms. The highest BCUT2D eigenvalue weighted by atomic mass is 32.2. The summed E-state index contributed by atoms with van der Waals surface area (Å²) >= 11 is 6.16. The number of thioether (sulfide) groups is 2. The minimum absolute atomic E-state index is 0.0528. The number of aromatic nitrogens is 2. The molecule has 0 spiro atoms. The molecule has 0 saturated carbocycles. The van der Waals surface area contributed by atoms with Crippen LogP contribution in [0.3, 0.4) is 0 Å². The van der Waals surface area contributed by atoms with Crippen molar-refractivity contribution in [3.05, 3.63) is 84.2 Å². The van der Waals surface area contributed by atoms with Gasteiger partial charge < -0.3 is 9.64 Å². The SMILES string of the molecule is CCn1c(=O)/c(=C2\Sc3cc(SC)ccc3N2C)s/c1=C\c1scc[n+]1Cc1ccccc1OC(F)(F)F. The minimum Gasteiger partial charge on any atom is -0.405 e. The van der Waals surface area contributed by atoms with E-state index in [1.54, 1.807) is 40.2 Å². The zero-order valence-electron chi connectivity index (χ0n) is 20.6. The Morgan fingerprint density at radius 2 is 1.97 bits per heavy atom. The number of anilines is 1. The molecule has 0 unspecified atom stereocenters. The molecule has 1 aliphatic heterocycles. The number of thiazole rings is 2. The molecule has 0 bridgehead atoms. The van der Waals surface area contributed by atoms with E-state index in [9.17, 15) is 18.0 Å². The van der Waals surface area contributed by atoms with Gasteiger partial charge in [0.05, 0.1) is 22.7 Å². The van der Waals surface area contributed by atoms with Crippen LogP contribution in [0.1, 0.15) is 17.5 Å². The Kier molecular flexibility index (Phi) is 7.67. The first-order valence-corrected chi connectivity index (χ1v) is 15.3. The molecule has 0 radical (unpaired) electrons. The maximum absolute atomic E-state index is 13.5. The number of rotatable bonds is 6. The van der Waals surface area contributed by atoms with Gasteiger partial charge in [-0.1, -0.05) is 35.2 Å². The van der Waals surface area contributed by atoms with Crippen molar-refractivity contribution >= 4 is 63.0 Å². The second-order valence-corrected chi connectivity index (χ2v) is 12.2. The smallest absolute Gasteiger partial charge is 0.405 e. The highest BCUT2D eigenvalue weighted by molar-refractivity contribution is 8.08. The van der Waals surface area contributed by atoms with Crippen molar-refractivity contribution in [2.75, 3.05) is 18.2 Å². The summed E-state index contributed by atoms with van der Waals surface area (Å²) in [5.74, 6) is -0.226. The van der Waals surface area contributed by atoms with Gasteiger partial charge in [-0.3, -0.25) is 9.36 Å². The van der Waals surface area contributed by atoms with E-state index in [0.29, 0.717) is 16.6 Å². The Hall–Kier alpha value is -2.67. The second kappa shape index (κ2) is 10.8. The highest BCUT2D eigenvalue weighted by Gasteiger charge is 2.32. The Labute approximate surface area is 233 Å². The largest absolute Gasteiger partial charge is 0.573 e. The van der Waals surface area contributed by atoms with Crippen LogP contribution in [-0.2, 0) is 13.1 Å². The van der Waals surface area contributed by atoms with Gasteiger partial charge in [-0.25, -0.2) is 0 Å². The molecule has 198 valence electrons. The molecule has 0 aliphatic carbocycles. The van der Waals surface area contributed by atoms with Crippen molar-refractivity contribution in [2.45, 2.75) is 36.2 Å². The van der Waals surface area contributed by atoms with Gasteiger partial charge in [0.15, 0.2) is 12.7 Å². The molecule has 0 atom stereocenters. The van der Waals surface area contributed by atoms with Crippen LogP contribution in [-0.4, -0.2) is 24.2 Å². The van der Waals surface area contributed by atoms with Crippen LogP contribution in [0.4, 0.5) is 18.9 Å². The van der Waals surface area contributed by atoms with Crippen molar-refractivity contribution in [3.63, 3.8) is 0 Å². The maximum Gasteiger partial charge on any atom is 0.573 e. The number of ether oxygens (including phenoxy) is 1. The number of fused-ring (bicyclic) bond motifs is 1. The summed E-state index contributed by atoms with van der Waals surface area (Å²) in [4.78, 5) is 17.8. The number of halogens is 3. The van der Waals surface area contributed by atoms with E-state index in [2.05, 4.69) is 27.8 Å². The molecule has 0 N–H and O–H groups in total. The minimum atomic E-state index is -4.77. The lowest BCUT2D eigenvalue weighted by Crippen LogP contribution is -2.36. The van der Waals surface area contributed by atoms with E-state index < -0.39 is 6.36 Å².